The number of aromatic nitrogens is 3. The Balaban J connectivity index is 1.39. The molecule has 0 unspecified atom stereocenters. The van der Waals surface area contributed by atoms with E-state index in [0.29, 0.717) is 25.6 Å². The molecule has 3 aromatic rings. The third-order valence-electron chi connectivity index (χ3n) is 4.67. The highest BCUT2D eigenvalue weighted by Gasteiger charge is 2.22. The molecule has 0 radical (unpaired) electrons. The van der Waals surface area contributed by atoms with Crippen LogP contribution in [0.15, 0.2) is 36.5 Å². The molecule has 1 aromatic carbocycles. The fourth-order valence-corrected chi connectivity index (χ4v) is 3.32. The molecular weight excluding hydrogens is 340 g/mol. The van der Waals surface area contributed by atoms with Crippen LogP contribution < -0.4 is 10.6 Å². The zero-order chi connectivity index (χ0) is 18.8. The predicted molar refractivity (Wildman–Crippen MR) is 105 cm³/mol. The summed E-state index contributed by atoms with van der Waals surface area (Å²) in [4.78, 5) is 26.7. The first-order chi connectivity index (χ1) is 13.1. The van der Waals surface area contributed by atoms with Gasteiger partial charge in [-0.15, -0.1) is 0 Å². The number of aromatic amines is 1. The number of anilines is 1. The molecule has 0 aliphatic carbocycles. The topological polar surface area (TPSA) is 85.9 Å². The van der Waals surface area contributed by atoms with Crippen molar-refractivity contribution in [3.63, 3.8) is 0 Å². The zero-order valence-corrected chi connectivity index (χ0v) is 15.6. The first kappa shape index (κ1) is 17.3. The van der Waals surface area contributed by atoms with Gasteiger partial charge in [-0.1, -0.05) is 18.2 Å². The van der Waals surface area contributed by atoms with E-state index in [-0.39, 0.29) is 12.1 Å². The van der Waals surface area contributed by atoms with Crippen LogP contribution in [0.25, 0.3) is 10.9 Å². The Morgan fingerprint density at radius 1 is 1.33 bits per heavy atom. The third-order valence-corrected chi connectivity index (χ3v) is 4.67. The number of urea groups is 1. The van der Waals surface area contributed by atoms with Gasteiger partial charge in [0.2, 0.25) is 5.95 Å². The maximum Gasteiger partial charge on any atom is 0.318 e. The zero-order valence-electron chi connectivity index (χ0n) is 15.6. The fourth-order valence-electron chi connectivity index (χ4n) is 3.32. The predicted octanol–water partition coefficient (Wildman–Crippen LogP) is 3.05. The number of carbonyl (C=O) groups excluding carboxylic acids is 1. The average Bonchev–Trinajstić information content (AvgIpc) is 3.08. The van der Waals surface area contributed by atoms with Crippen LogP contribution in [-0.4, -0.2) is 38.5 Å². The second kappa shape index (κ2) is 7.26. The summed E-state index contributed by atoms with van der Waals surface area (Å²) in [6, 6.07) is 10.4. The highest BCUT2D eigenvalue weighted by Crippen LogP contribution is 2.18. The minimum Gasteiger partial charge on any atom is -0.357 e. The molecule has 0 saturated heterocycles. The molecule has 0 fully saturated rings. The summed E-state index contributed by atoms with van der Waals surface area (Å²) in [5.74, 6) is 0.615. The van der Waals surface area contributed by atoms with Gasteiger partial charge in [0.05, 0.1) is 18.8 Å². The number of amides is 2. The largest absolute Gasteiger partial charge is 0.357 e. The molecule has 2 aromatic heterocycles. The van der Waals surface area contributed by atoms with Crippen molar-refractivity contribution in [1.29, 1.82) is 0 Å². The highest BCUT2D eigenvalue weighted by molar-refractivity contribution is 5.80. The van der Waals surface area contributed by atoms with Gasteiger partial charge in [0.25, 0.3) is 0 Å². The van der Waals surface area contributed by atoms with Crippen LogP contribution in [0.2, 0.25) is 0 Å². The number of H-pyrrole nitrogens is 1. The molecule has 3 heterocycles. The van der Waals surface area contributed by atoms with Gasteiger partial charge in [0.15, 0.2) is 0 Å². The van der Waals surface area contributed by atoms with Crippen molar-refractivity contribution in [3.8, 4) is 0 Å². The molecule has 0 bridgehead atoms. The lowest BCUT2D eigenvalue weighted by Crippen LogP contribution is -2.42. The molecule has 4 rings (SSSR count). The van der Waals surface area contributed by atoms with Crippen LogP contribution >= 0.6 is 0 Å². The van der Waals surface area contributed by atoms with Crippen LogP contribution in [-0.2, 0) is 19.5 Å². The van der Waals surface area contributed by atoms with Crippen molar-refractivity contribution < 1.29 is 4.79 Å². The monoisotopic (exact) mass is 364 g/mol. The number of hydrogen-bond acceptors (Lipinski definition) is 4. The Labute approximate surface area is 158 Å². The highest BCUT2D eigenvalue weighted by atomic mass is 16.2. The second-order valence-electron chi connectivity index (χ2n) is 7.18. The van der Waals surface area contributed by atoms with Gasteiger partial charge in [0, 0.05) is 30.0 Å². The average molecular weight is 364 g/mol. The van der Waals surface area contributed by atoms with Crippen molar-refractivity contribution in [2.75, 3.05) is 11.9 Å². The third kappa shape index (κ3) is 3.86. The molecule has 2 amide bonds. The first-order valence-corrected chi connectivity index (χ1v) is 9.29. The molecule has 7 heteroatoms. The Hall–Kier alpha value is -3.09. The van der Waals surface area contributed by atoms with E-state index in [9.17, 15) is 4.79 Å². The molecule has 7 nitrogen and oxygen atoms in total. The van der Waals surface area contributed by atoms with E-state index in [1.54, 1.807) is 4.90 Å². The Bertz CT molecular complexity index is 931. The van der Waals surface area contributed by atoms with E-state index in [4.69, 9.17) is 0 Å². The summed E-state index contributed by atoms with van der Waals surface area (Å²) in [5.41, 5.74) is 4.10. The summed E-state index contributed by atoms with van der Waals surface area (Å²) in [5, 5.41) is 7.37. The van der Waals surface area contributed by atoms with Crippen molar-refractivity contribution in [3.05, 3.63) is 53.5 Å². The maximum atomic E-state index is 12.6. The van der Waals surface area contributed by atoms with E-state index in [1.165, 1.54) is 0 Å². The molecule has 27 heavy (non-hydrogen) atoms. The molecule has 1 aliphatic rings. The van der Waals surface area contributed by atoms with Crippen molar-refractivity contribution >= 4 is 22.9 Å². The summed E-state index contributed by atoms with van der Waals surface area (Å²) in [6.07, 6.45) is 2.64. The van der Waals surface area contributed by atoms with E-state index in [2.05, 4.69) is 37.7 Å². The van der Waals surface area contributed by atoms with Crippen LogP contribution in [0.4, 0.5) is 10.7 Å². The molecule has 1 aliphatic heterocycles. The van der Waals surface area contributed by atoms with Gasteiger partial charge in [-0.25, -0.2) is 14.8 Å². The normalized spacial score (nSPS) is 13.7. The van der Waals surface area contributed by atoms with E-state index < -0.39 is 0 Å². The minimum atomic E-state index is -0.0729. The number of benzene rings is 1. The van der Waals surface area contributed by atoms with Crippen molar-refractivity contribution in [2.24, 2.45) is 0 Å². The van der Waals surface area contributed by atoms with E-state index >= 15 is 0 Å². The number of nitrogens with one attached hydrogen (secondary N) is 3. The number of carbonyl (C=O) groups is 1. The molecule has 3 N–H and O–H groups in total. The quantitative estimate of drug-likeness (QED) is 0.664. The van der Waals surface area contributed by atoms with E-state index in [1.807, 2.05) is 38.2 Å². The van der Waals surface area contributed by atoms with Gasteiger partial charge in [-0.2, -0.15) is 0 Å². The van der Waals surface area contributed by atoms with Crippen LogP contribution in [0, 0.1) is 0 Å². The number of hydrogen-bond donors (Lipinski definition) is 3. The SMILES string of the molecule is CC(C)Nc1ncc2c(n1)CN(C(=O)NCc1cc3ccccc3[nH]1)CC2. The summed E-state index contributed by atoms with van der Waals surface area (Å²) >= 11 is 0. The van der Waals surface area contributed by atoms with Gasteiger partial charge in [0.1, 0.15) is 0 Å². The molecule has 0 spiro atoms. The number of fused-ring (bicyclic) bond motifs is 2. The standard InChI is InChI=1S/C20H24N6O/c1-13(2)23-19-21-10-15-7-8-26(12-18(15)25-19)20(27)22-11-16-9-14-5-3-4-6-17(14)24-16/h3-6,9-10,13,24H,7-8,11-12H2,1-2H3,(H,22,27)(H,21,23,25). The summed E-state index contributed by atoms with van der Waals surface area (Å²) in [6.45, 7) is 5.75. The smallest absolute Gasteiger partial charge is 0.318 e. The van der Waals surface area contributed by atoms with E-state index in [0.717, 1.165) is 34.3 Å². The van der Waals surface area contributed by atoms with Gasteiger partial charge < -0.3 is 20.5 Å². The lowest BCUT2D eigenvalue weighted by Gasteiger charge is -2.28. The second-order valence-corrected chi connectivity index (χ2v) is 7.18. The first-order valence-electron chi connectivity index (χ1n) is 9.29. The Morgan fingerprint density at radius 3 is 3.00 bits per heavy atom. The summed E-state index contributed by atoms with van der Waals surface area (Å²) in [7, 11) is 0. The molecular formula is C20H24N6O. The fraction of sp³-hybridized carbons (Fsp3) is 0.350. The minimum absolute atomic E-state index is 0.0729. The van der Waals surface area contributed by atoms with Crippen molar-refractivity contribution in [1.82, 2.24) is 25.2 Å². The van der Waals surface area contributed by atoms with Crippen molar-refractivity contribution in [2.45, 2.75) is 39.4 Å². The summed E-state index contributed by atoms with van der Waals surface area (Å²) < 4.78 is 0. The number of para-hydroxylation sites is 1. The van der Waals surface area contributed by atoms with Gasteiger partial charge in [-0.3, -0.25) is 0 Å². The Morgan fingerprint density at radius 2 is 2.19 bits per heavy atom. The maximum absolute atomic E-state index is 12.6. The Kier molecular flexibility index (Phi) is 4.66. The van der Waals surface area contributed by atoms with Gasteiger partial charge >= 0.3 is 6.03 Å². The molecule has 0 atom stereocenters. The lowest BCUT2D eigenvalue weighted by atomic mass is 10.1. The number of nitrogens with zero attached hydrogens (tertiary/aromatic N) is 3. The van der Waals surface area contributed by atoms with Crippen LogP contribution in [0.5, 0.6) is 0 Å². The number of rotatable bonds is 4. The lowest BCUT2D eigenvalue weighted by molar-refractivity contribution is 0.191. The molecule has 0 saturated carbocycles. The van der Waals surface area contributed by atoms with Crippen LogP contribution in [0.3, 0.4) is 0 Å². The van der Waals surface area contributed by atoms with Crippen LogP contribution in [0.1, 0.15) is 30.8 Å². The van der Waals surface area contributed by atoms with Gasteiger partial charge in [-0.05, 0) is 43.4 Å². The molecule has 140 valence electrons.